The van der Waals surface area contributed by atoms with Crippen molar-refractivity contribution in [1.29, 1.82) is 0 Å². The molecule has 37 heavy (non-hydrogen) atoms. The minimum atomic E-state index is -0.453. The molecule has 0 nitrogen and oxygen atoms in total. The van der Waals surface area contributed by atoms with Crippen LogP contribution in [0.2, 0.25) is 0 Å². The molecule has 5 aromatic carbocycles. The minimum absolute atomic E-state index is 0.0737. The van der Waals surface area contributed by atoms with E-state index in [0.29, 0.717) is 0 Å². The van der Waals surface area contributed by atoms with Gasteiger partial charge in [-0.15, -0.1) is 0 Å². The average Bonchev–Trinajstić information content (AvgIpc) is 3.25. The van der Waals surface area contributed by atoms with Gasteiger partial charge < -0.3 is 0 Å². The van der Waals surface area contributed by atoms with E-state index in [-0.39, 0.29) is 5.41 Å². The molecule has 0 saturated carbocycles. The van der Waals surface area contributed by atoms with Gasteiger partial charge in [-0.3, -0.25) is 0 Å². The van der Waals surface area contributed by atoms with Crippen molar-refractivity contribution in [2.45, 2.75) is 31.6 Å². The Morgan fingerprint density at radius 1 is 0.405 bits per heavy atom. The molecule has 0 radical (unpaired) electrons. The van der Waals surface area contributed by atoms with E-state index in [4.69, 9.17) is 0 Å². The Kier molecular flexibility index (Phi) is 5.69. The fourth-order valence-electron chi connectivity index (χ4n) is 5.79. The zero-order chi connectivity index (χ0) is 25.5. The number of allylic oxidation sites excluding steroid dienone is 1. The van der Waals surface area contributed by atoms with Crippen molar-refractivity contribution in [1.82, 2.24) is 0 Å². The van der Waals surface area contributed by atoms with E-state index in [9.17, 15) is 0 Å². The van der Waals surface area contributed by atoms with Crippen molar-refractivity contribution in [3.05, 3.63) is 173 Å². The normalized spacial score (nSPS) is 13.9. The summed E-state index contributed by atoms with van der Waals surface area (Å²) in [6, 6.07) is 48.8. The van der Waals surface area contributed by atoms with Crippen LogP contribution in [-0.2, 0) is 10.8 Å². The van der Waals surface area contributed by atoms with Gasteiger partial charge in [0.15, 0.2) is 0 Å². The van der Waals surface area contributed by atoms with Gasteiger partial charge in [0.05, 0.1) is 5.41 Å². The second kappa shape index (κ2) is 9.05. The molecule has 0 heteroatoms. The van der Waals surface area contributed by atoms with E-state index >= 15 is 0 Å². The second-order valence-electron chi connectivity index (χ2n) is 11.0. The molecule has 6 rings (SSSR count). The molecular weight excluding hydrogens is 444 g/mol. The van der Waals surface area contributed by atoms with Crippen molar-refractivity contribution >= 4 is 5.57 Å². The van der Waals surface area contributed by atoms with Gasteiger partial charge in [-0.2, -0.15) is 0 Å². The monoisotopic (exact) mass is 476 g/mol. The van der Waals surface area contributed by atoms with E-state index in [1.165, 1.54) is 50.1 Å². The van der Waals surface area contributed by atoms with Crippen molar-refractivity contribution in [2.75, 3.05) is 0 Å². The third-order valence-corrected chi connectivity index (χ3v) is 7.73. The first-order valence-electron chi connectivity index (χ1n) is 13.1. The minimum Gasteiger partial charge on any atom is -0.0622 e. The van der Waals surface area contributed by atoms with Crippen molar-refractivity contribution < 1.29 is 0 Å². The lowest BCUT2D eigenvalue weighted by Gasteiger charge is -2.34. The van der Waals surface area contributed by atoms with E-state index in [0.717, 1.165) is 0 Å². The topological polar surface area (TPSA) is 0 Å². The SMILES string of the molecule is CC(C)(C)c1ccc2c(c1)/C(=C\C(c1ccccc1)(c1ccccc1)c1ccccc1)c1ccccc1-2. The van der Waals surface area contributed by atoms with Gasteiger partial charge in [0.25, 0.3) is 0 Å². The Morgan fingerprint density at radius 3 is 1.32 bits per heavy atom. The van der Waals surface area contributed by atoms with Gasteiger partial charge in [0.2, 0.25) is 0 Å². The standard InChI is InChI=1S/C37H32/c1-36(2,3)30-23-24-33-31-21-13-14-22-32(31)35(34(33)25-30)26-37(27-15-7-4-8-16-27,28-17-9-5-10-18-28)29-19-11-6-12-20-29/h4-26H,1-3H3/b35-26-. The molecule has 0 N–H and O–H groups in total. The van der Waals surface area contributed by atoms with Crippen LogP contribution in [0.1, 0.15) is 54.2 Å². The Morgan fingerprint density at radius 2 is 0.838 bits per heavy atom. The third-order valence-electron chi connectivity index (χ3n) is 7.73. The van der Waals surface area contributed by atoms with Crippen LogP contribution in [0, 0.1) is 0 Å². The molecule has 5 aromatic rings. The van der Waals surface area contributed by atoms with Gasteiger partial charge in [-0.1, -0.05) is 154 Å². The summed E-state index contributed by atoms with van der Waals surface area (Å²) in [4.78, 5) is 0. The molecule has 0 fully saturated rings. The molecule has 0 bridgehead atoms. The lowest BCUT2D eigenvalue weighted by atomic mass is 9.68. The summed E-state index contributed by atoms with van der Waals surface area (Å²) >= 11 is 0. The second-order valence-corrected chi connectivity index (χ2v) is 11.0. The fourth-order valence-corrected chi connectivity index (χ4v) is 5.79. The molecule has 0 amide bonds. The first kappa shape index (κ1) is 23.3. The Hall–Kier alpha value is -4.16. The van der Waals surface area contributed by atoms with Gasteiger partial charge >= 0.3 is 0 Å². The highest BCUT2D eigenvalue weighted by atomic mass is 14.4. The number of hydrogen-bond donors (Lipinski definition) is 0. The number of fused-ring (bicyclic) bond motifs is 3. The van der Waals surface area contributed by atoms with Crippen LogP contribution in [0.5, 0.6) is 0 Å². The maximum absolute atomic E-state index is 2.53. The lowest BCUT2D eigenvalue weighted by Crippen LogP contribution is -2.27. The van der Waals surface area contributed by atoms with Crippen molar-refractivity contribution in [3.8, 4) is 11.1 Å². The number of hydrogen-bond acceptors (Lipinski definition) is 0. The van der Waals surface area contributed by atoms with Gasteiger partial charge in [0.1, 0.15) is 0 Å². The predicted octanol–water partition coefficient (Wildman–Crippen LogP) is 9.43. The molecule has 0 heterocycles. The molecule has 0 atom stereocenters. The molecule has 0 saturated heterocycles. The van der Waals surface area contributed by atoms with Crippen molar-refractivity contribution in [2.24, 2.45) is 0 Å². The highest BCUT2D eigenvalue weighted by Gasteiger charge is 2.37. The molecule has 0 aromatic heterocycles. The molecule has 0 unspecified atom stereocenters. The average molecular weight is 477 g/mol. The van der Waals surface area contributed by atoms with Crippen LogP contribution in [0.15, 0.2) is 140 Å². The molecule has 180 valence electrons. The predicted molar refractivity (Wildman–Crippen MR) is 157 cm³/mol. The molecular formula is C37H32. The maximum atomic E-state index is 2.53. The van der Waals surface area contributed by atoms with Gasteiger partial charge in [-0.25, -0.2) is 0 Å². The molecule has 0 aliphatic heterocycles. The zero-order valence-electron chi connectivity index (χ0n) is 21.8. The summed E-state index contributed by atoms with van der Waals surface area (Å²) in [5.41, 5.74) is 11.3. The maximum Gasteiger partial charge on any atom is 0.0641 e. The highest BCUT2D eigenvalue weighted by Crippen LogP contribution is 2.50. The lowest BCUT2D eigenvalue weighted by molar-refractivity contribution is 0.590. The zero-order valence-corrected chi connectivity index (χ0v) is 21.8. The van der Waals surface area contributed by atoms with Gasteiger partial charge in [-0.05, 0) is 61.6 Å². The smallest absolute Gasteiger partial charge is 0.0622 e. The van der Waals surface area contributed by atoms with E-state index in [2.05, 4.69) is 160 Å². The van der Waals surface area contributed by atoms with Gasteiger partial charge in [0, 0.05) is 0 Å². The summed E-state index contributed by atoms with van der Waals surface area (Å²) in [5, 5.41) is 0. The Balaban J connectivity index is 1.74. The van der Waals surface area contributed by atoms with Crippen molar-refractivity contribution in [3.63, 3.8) is 0 Å². The first-order valence-corrected chi connectivity index (χ1v) is 13.1. The van der Waals surface area contributed by atoms with Crippen LogP contribution in [0.4, 0.5) is 0 Å². The third kappa shape index (κ3) is 3.94. The van der Waals surface area contributed by atoms with Crippen LogP contribution in [-0.4, -0.2) is 0 Å². The van der Waals surface area contributed by atoms with E-state index in [1.54, 1.807) is 0 Å². The summed E-state index contributed by atoms with van der Waals surface area (Å²) in [6.45, 7) is 6.88. The van der Waals surface area contributed by atoms with Crippen LogP contribution in [0.3, 0.4) is 0 Å². The summed E-state index contributed by atoms with van der Waals surface area (Å²) in [6.07, 6.45) is 2.53. The molecule has 1 aliphatic carbocycles. The summed E-state index contributed by atoms with van der Waals surface area (Å²) in [7, 11) is 0. The van der Waals surface area contributed by atoms with Crippen LogP contribution >= 0.6 is 0 Å². The largest absolute Gasteiger partial charge is 0.0641 e. The molecule has 1 aliphatic rings. The van der Waals surface area contributed by atoms with Crippen LogP contribution in [0.25, 0.3) is 16.7 Å². The quantitative estimate of drug-likeness (QED) is 0.222. The highest BCUT2D eigenvalue weighted by molar-refractivity contribution is 6.02. The number of benzene rings is 5. The molecule has 0 spiro atoms. The van der Waals surface area contributed by atoms with E-state index in [1.807, 2.05) is 0 Å². The summed E-state index contributed by atoms with van der Waals surface area (Å²) in [5.74, 6) is 0. The first-order chi connectivity index (χ1) is 18.0. The Bertz CT molecular complexity index is 1470. The van der Waals surface area contributed by atoms with E-state index < -0.39 is 5.41 Å². The number of rotatable bonds is 4. The fraction of sp³-hybridized carbons (Fsp3) is 0.135. The summed E-state index contributed by atoms with van der Waals surface area (Å²) < 4.78 is 0. The Labute approximate surface area is 221 Å². The van der Waals surface area contributed by atoms with Crippen LogP contribution < -0.4 is 0 Å².